The predicted octanol–water partition coefficient (Wildman–Crippen LogP) is 3.46. The third-order valence-electron chi connectivity index (χ3n) is 2.37. The summed E-state index contributed by atoms with van der Waals surface area (Å²) in [6.07, 6.45) is 0. The molecule has 0 saturated carbocycles. The molecule has 0 fully saturated rings. The van der Waals surface area contributed by atoms with Crippen molar-refractivity contribution in [1.82, 2.24) is 0 Å². The SMILES string of the molecule is Fc1cccc(F)c1OCCNc1ccccc1. The van der Waals surface area contributed by atoms with Gasteiger partial charge in [-0.05, 0) is 24.3 Å². The summed E-state index contributed by atoms with van der Waals surface area (Å²) in [5, 5.41) is 3.08. The number of halogens is 2. The van der Waals surface area contributed by atoms with Crippen molar-refractivity contribution < 1.29 is 13.5 Å². The van der Waals surface area contributed by atoms with Crippen LogP contribution in [0.15, 0.2) is 48.5 Å². The zero-order chi connectivity index (χ0) is 12.8. The minimum Gasteiger partial charge on any atom is -0.486 e. The Balaban J connectivity index is 1.82. The Morgan fingerprint density at radius 1 is 0.889 bits per heavy atom. The van der Waals surface area contributed by atoms with Crippen LogP contribution in [0.3, 0.4) is 0 Å². The van der Waals surface area contributed by atoms with Crippen LogP contribution in [-0.4, -0.2) is 13.2 Å². The molecule has 1 N–H and O–H groups in total. The second-order valence-electron chi connectivity index (χ2n) is 3.69. The van der Waals surface area contributed by atoms with Crippen molar-refractivity contribution in [2.75, 3.05) is 18.5 Å². The number of ether oxygens (including phenoxy) is 1. The summed E-state index contributed by atoms with van der Waals surface area (Å²) in [6.45, 7) is 0.657. The highest BCUT2D eigenvalue weighted by molar-refractivity contribution is 5.42. The van der Waals surface area contributed by atoms with Crippen molar-refractivity contribution in [2.24, 2.45) is 0 Å². The van der Waals surface area contributed by atoms with Gasteiger partial charge in [0.15, 0.2) is 17.4 Å². The Morgan fingerprint density at radius 2 is 1.56 bits per heavy atom. The van der Waals surface area contributed by atoms with Gasteiger partial charge in [0, 0.05) is 12.2 Å². The van der Waals surface area contributed by atoms with E-state index in [1.165, 1.54) is 18.2 Å². The summed E-state index contributed by atoms with van der Waals surface area (Å²) < 4.78 is 31.5. The van der Waals surface area contributed by atoms with Gasteiger partial charge in [-0.2, -0.15) is 0 Å². The maximum absolute atomic E-state index is 13.2. The summed E-state index contributed by atoms with van der Waals surface area (Å²) in [7, 11) is 0. The van der Waals surface area contributed by atoms with E-state index in [1.54, 1.807) is 0 Å². The Labute approximate surface area is 104 Å². The van der Waals surface area contributed by atoms with Gasteiger partial charge in [-0.15, -0.1) is 0 Å². The van der Waals surface area contributed by atoms with E-state index >= 15 is 0 Å². The van der Waals surface area contributed by atoms with E-state index in [0.29, 0.717) is 6.54 Å². The van der Waals surface area contributed by atoms with Crippen LogP contribution in [0, 0.1) is 11.6 Å². The smallest absolute Gasteiger partial charge is 0.190 e. The number of para-hydroxylation sites is 2. The number of anilines is 1. The third kappa shape index (κ3) is 3.20. The molecule has 0 atom stereocenters. The molecule has 0 radical (unpaired) electrons. The Hall–Kier alpha value is -2.10. The molecule has 0 saturated heterocycles. The molecule has 0 aliphatic heterocycles. The molecule has 2 aromatic carbocycles. The molecule has 0 unspecified atom stereocenters. The van der Waals surface area contributed by atoms with Crippen molar-refractivity contribution in [2.45, 2.75) is 0 Å². The maximum atomic E-state index is 13.2. The van der Waals surface area contributed by atoms with Gasteiger partial charge in [-0.25, -0.2) is 8.78 Å². The molecular formula is C14H13F2NO. The molecule has 18 heavy (non-hydrogen) atoms. The van der Waals surface area contributed by atoms with Gasteiger partial charge in [0.25, 0.3) is 0 Å². The minimum atomic E-state index is -0.685. The Bertz CT molecular complexity index is 482. The van der Waals surface area contributed by atoms with Gasteiger partial charge in [0.05, 0.1) is 0 Å². The van der Waals surface area contributed by atoms with Gasteiger partial charge in [0.2, 0.25) is 0 Å². The predicted molar refractivity (Wildman–Crippen MR) is 66.8 cm³/mol. The van der Waals surface area contributed by atoms with Gasteiger partial charge in [-0.3, -0.25) is 0 Å². The lowest BCUT2D eigenvalue weighted by atomic mass is 10.3. The quantitative estimate of drug-likeness (QED) is 0.819. The Morgan fingerprint density at radius 3 is 2.22 bits per heavy atom. The van der Waals surface area contributed by atoms with Crippen LogP contribution < -0.4 is 10.1 Å². The van der Waals surface area contributed by atoms with Gasteiger partial charge in [0.1, 0.15) is 6.61 Å². The summed E-state index contributed by atoms with van der Waals surface area (Å²) in [5.41, 5.74) is 0.940. The molecule has 0 aliphatic carbocycles. The molecule has 2 aromatic rings. The van der Waals surface area contributed by atoms with E-state index in [4.69, 9.17) is 4.74 Å². The first-order chi connectivity index (χ1) is 8.77. The fourth-order valence-electron chi connectivity index (χ4n) is 1.52. The summed E-state index contributed by atoms with van der Waals surface area (Å²) >= 11 is 0. The van der Waals surface area contributed by atoms with Crippen LogP contribution in [0.2, 0.25) is 0 Å². The molecule has 0 amide bonds. The Kier molecular flexibility index (Phi) is 4.12. The average Bonchev–Trinajstić information content (AvgIpc) is 2.38. The summed E-state index contributed by atoms with van der Waals surface area (Å²) in [6, 6.07) is 13.2. The van der Waals surface area contributed by atoms with Crippen LogP contribution >= 0.6 is 0 Å². The van der Waals surface area contributed by atoms with Crippen molar-refractivity contribution >= 4 is 5.69 Å². The topological polar surface area (TPSA) is 21.3 Å². The van der Waals surface area contributed by atoms with Crippen LogP contribution in [0.5, 0.6) is 5.75 Å². The molecule has 0 bridgehead atoms. The maximum Gasteiger partial charge on any atom is 0.190 e. The van der Waals surface area contributed by atoms with E-state index in [9.17, 15) is 8.78 Å². The summed E-state index contributed by atoms with van der Waals surface area (Å²) in [5.74, 6) is -1.70. The largest absolute Gasteiger partial charge is 0.486 e. The van der Waals surface area contributed by atoms with Crippen molar-refractivity contribution in [3.05, 3.63) is 60.2 Å². The lowest BCUT2D eigenvalue weighted by Crippen LogP contribution is -2.12. The van der Waals surface area contributed by atoms with Gasteiger partial charge in [-0.1, -0.05) is 24.3 Å². The number of hydrogen-bond acceptors (Lipinski definition) is 2. The molecule has 2 rings (SSSR count). The normalized spacial score (nSPS) is 10.1. The molecule has 0 spiro atoms. The lowest BCUT2D eigenvalue weighted by Gasteiger charge is -2.09. The van der Waals surface area contributed by atoms with Crippen molar-refractivity contribution in [3.63, 3.8) is 0 Å². The number of rotatable bonds is 5. The number of nitrogens with one attached hydrogen (secondary N) is 1. The average molecular weight is 249 g/mol. The first-order valence-electron chi connectivity index (χ1n) is 5.63. The molecule has 0 aromatic heterocycles. The van der Waals surface area contributed by atoms with E-state index in [0.717, 1.165) is 5.69 Å². The first-order valence-corrected chi connectivity index (χ1v) is 5.63. The van der Waals surface area contributed by atoms with Gasteiger partial charge < -0.3 is 10.1 Å². The van der Waals surface area contributed by atoms with Crippen LogP contribution in [-0.2, 0) is 0 Å². The van der Waals surface area contributed by atoms with E-state index in [2.05, 4.69) is 5.32 Å². The zero-order valence-corrected chi connectivity index (χ0v) is 9.70. The van der Waals surface area contributed by atoms with E-state index < -0.39 is 11.6 Å². The molecule has 94 valence electrons. The monoisotopic (exact) mass is 249 g/mol. The molecule has 0 aliphatic rings. The van der Waals surface area contributed by atoms with Crippen LogP contribution in [0.25, 0.3) is 0 Å². The number of hydrogen-bond donors (Lipinski definition) is 1. The summed E-state index contributed by atoms with van der Waals surface area (Å²) in [4.78, 5) is 0. The second kappa shape index (κ2) is 6.00. The fraction of sp³-hybridized carbons (Fsp3) is 0.143. The second-order valence-corrected chi connectivity index (χ2v) is 3.69. The number of benzene rings is 2. The van der Waals surface area contributed by atoms with E-state index in [1.807, 2.05) is 30.3 Å². The van der Waals surface area contributed by atoms with Crippen molar-refractivity contribution in [3.8, 4) is 5.75 Å². The molecule has 4 heteroatoms. The highest BCUT2D eigenvalue weighted by atomic mass is 19.1. The lowest BCUT2D eigenvalue weighted by molar-refractivity contribution is 0.297. The zero-order valence-electron chi connectivity index (χ0n) is 9.70. The van der Waals surface area contributed by atoms with Crippen molar-refractivity contribution in [1.29, 1.82) is 0 Å². The fourth-order valence-corrected chi connectivity index (χ4v) is 1.52. The highest BCUT2D eigenvalue weighted by Gasteiger charge is 2.08. The van der Waals surface area contributed by atoms with Crippen LogP contribution in [0.4, 0.5) is 14.5 Å². The molecular weight excluding hydrogens is 236 g/mol. The van der Waals surface area contributed by atoms with Crippen LogP contribution in [0.1, 0.15) is 0 Å². The third-order valence-corrected chi connectivity index (χ3v) is 2.37. The molecule has 0 heterocycles. The molecule has 2 nitrogen and oxygen atoms in total. The standard InChI is InChI=1S/C14H13F2NO/c15-12-7-4-8-13(16)14(12)18-10-9-17-11-5-2-1-3-6-11/h1-8,17H,9-10H2. The highest BCUT2D eigenvalue weighted by Crippen LogP contribution is 2.20. The minimum absolute atomic E-state index is 0.187. The van der Waals surface area contributed by atoms with E-state index in [-0.39, 0.29) is 12.4 Å². The van der Waals surface area contributed by atoms with Gasteiger partial charge >= 0.3 is 0 Å². The first kappa shape index (κ1) is 12.4.